The summed E-state index contributed by atoms with van der Waals surface area (Å²) in [7, 11) is -11.0. The second kappa shape index (κ2) is 52.5. The first kappa shape index (κ1) is 106. The van der Waals surface area contributed by atoms with Crippen LogP contribution in [0.4, 0.5) is 0 Å². The fourth-order valence-electron chi connectivity index (χ4n) is 11.7. The minimum absolute atomic E-state index is 0. The number of aliphatic hydroxyl groups excluding tert-OH is 9. The Morgan fingerprint density at radius 3 is 1.29 bits per heavy atom. The molecule has 654 valence electrons. The summed E-state index contributed by atoms with van der Waals surface area (Å²) in [5.41, 5.74) is -2.27. The molecule has 0 bridgehead atoms. The minimum Gasteiger partial charge on any atom is -0.850 e. The standard InChI is InChI=1S/C24H38N4O7P2.C16H23N2O5P.C13H18N2O3.C12H16N2O3.C5H14O6P2.C4H9O.CH4O.K/c1-17(2)28(18(3)4)36(34-11-10-25-6)35-22-13-21(27-14-19(5)23(31)26-24(27)32)8-7-20(22)9-12-37(33,15-29)16-30;1-11-7-14(18-8-12(2)15(21)17-16(18)22)4-3-13(11)5-6-24(23,9-19)10-20;1-8-5-11(4-3-10(8)7-16)15-6-9(2)12(17)14-13(15)18;1-7-3-4-9(5-10(7)15)14-6-8(2)11(16)13-12(14)17;1-10-13(9,11-2)5-12(8,3-6)4-7;1-4(2,3)5;1-2;/h7-9,12,14,17-18,20-22,29-30H,10-11,13,15-16H2,1-5H3,(H,26,31,32);3-6,8,11,13-14,19-20H,7,9-10H2,1-2H3,(H,17,21,22);3-4,6,8,10-11,16H,5,7H2,1-2H3,(H,14,17,18);3-4,6-7,9-10,15H,5H2,1-2H3,(H,13,16,17);6-7H,3-5H2,1-2H3;1-3H3;2H,1H3;/q;;;;;-1;;+1/b12-9+;6-5+;;;;;;/t20?,21-,22+,36?;11-,13?,14+;8-,10?,11+;7?,9-,10+;;;;/m1001..../s1/i;;;1D;;;2T;. The predicted octanol–water partition coefficient (Wildman–Crippen LogP) is 3.16. The van der Waals surface area contributed by atoms with Crippen molar-refractivity contribution in [3.8, 4) is 0 Å². The molecule has 0 aliphatic heterocycles. The van der Waals surface area contributed by atoms with Gasteiger partial charge in [-0.25, -0.2) is 30.4 Å². The van der Waals surface area contributed by atoms with E-state index in [-0.39, 0.29) is 154 Å². The molecule has 13 atom stereocenters. The van der Waals surface area contributed by atoms with E-state index in [1.165, 1.54) is 44.8 Å². The summed E-state index contributed by atoms with van der Waals surface area (Å²) in [6, 6.07) is -0.744. The van der Waals surface area contributed by atoms with Crippen LogP contribution < -0.4 is 101 Å². The van der Waals surface area contributed by atoms with Crippen molar-refractivity contribution < 1.29 is 140 Å². The van der Waals surface area contributed by atoms with Crippen molar-refractivity contribution in [1.29, 1.82) is 1.43 Å². The number of H-pyrrole nitrogens is 4. The quantitative estimate of drug-likeness (QED) is 0.0134. The number of aromatic nitrogens is 8. The zero-order valence-corrected chi connectivity index (χ0v) is 77.4. The Bertz CT molecular complexity index is 4600. The average Bonchev–Trinajstić information content (AvgIpc) is 0.802. The molecule has 4 aliphatic rings. The van der Waals surface area contributed by atoms with Gasteiger partial charge in [0.1, 0.15) is 45.0 Å². The van der Waals surface area contributed by atoms with Crippen LogP contribution in [0.15, 0.2) is 136 Å². The molecular weight excluding hydrogens is 1650 g/mol. The van der Waals surface area contributed by atoms with Crippen molar-refractivity contribution in [3.05, 3.63) is 214 Å². The van der Waals surface area contributed by atoms with Crippen LogP contribution in [0, 0.1) is 69.8 Å². The van der Waals surface area contributed by atoms with Crippen molar-refractivity contribution >= 4 is 37.5 Å². The molecule has 0 amide bonds. The summed E-state index contributed by atoms with van der Waals surface area (Å²) >= 11 is 0. The smallest absolute Gasteiger partial charge is 0.850 e. The molecular formula is C75H122KN10O26P5. The first-order valence-electron chi connectivity index (χ1n) is 38.3. The van der Waals surface area contributed by atoms with E-state index in [0.29, 0.717) is 47.4 Å². The molecule has 5 unspecified atom stereocenters. The van der Waals surface area contributed by atoms with E-state index in [9.17, 15) is 82.1 Å². The van der Waals surface area contributed by atoms with Crippen molar-refractivity contribution in [2.75, 3.05) is 85.1 Å². The Kier molecular flexibility index (Phi) is 47.7. The van der Waals surface area contributed by atoms with E-state index < -0.39 is 134 Å². The number of aryl methyl sites for hydroxylation is 4. The summed E-state index contributed by atoms with van der Waals surface area (Å²) in [5, 5.41) is 87.1. The molecule has 0 saturated heterocycles. The molecule has 0 saturated carbocycles. The first-order chi connectivity index (χ1) is 55.2. The van der Waals surface area contributed by atoms with Crippen molar-refractivity contribution in [2.45, 2.75) is 177 Å². The number of nitrogens with zero attached hydrogens (tertiary/aromatic N) is 6. The fraction of sp³-hybridized carbons (Fsp3) is 0.613. The SMILES string of the molecule is CC(C)(C)[O-].COP(=O)(CP(=O)(CO)CO)OC.Cc1cn([C@@H]2C=CC(/C=C/P(=O)(CO)CO)[C@@H](C)C2)c(=O)[nH]c1=O.Cc1cn([C@@H]2C=CC(CO)[C@@H](C)C2)c(=O)[nH]c1=O.[2H]CC1C=C[C@@H](n2cc(C)c(=O)[nH]c2=O)C[C@@H]1O.[3H]OC.[C-]#[N+]CCOP(O[C@H]1C[C@H](n2cc(C)c(=O)[nH]c2=O)C=CC1/C=C/P(=O)(CO)CO)N(C(C)C)C(C)C.[K+]. The number of hydrogen-bond donors (Lipinski definition) is 13. The monoisotopic (exact) mass is 1780 g/mol. The van der Waals surface area contributed by atoms with Gasteiger partial charge in [-0.05, 0) is 110 Å². The van der Waals surface area contributed by atoms with E-state index in [4.69, 9.17) is 38.8 Å². The molecule has 8 rings (SSSR count). The Balaban J connectivity index is 0.000000755. The third kappa shape index (κ3) is 35.8. The van der Waals surface area contributed by atoms with E-state index in [2.05, 4.69) is 50.5 Å². The summed E-state index contributed by atoms with van der Waals surface area (Å²) in [4.78, 5) is 107. The Hall–Kier alpha value is -4.96. The second-order valence-corrected chi connectivity index (χ2v) is 42.5. The van der Waals surface area contributed by atoms with Gasteiger partial charge in [0.15, 0.2) is 14.3 Å². The van der Waals surface area contributed by atoms with Gasteiger partial charge in [-0.2, -0.15) is 0 Å². The topological polar surface area (TPSA) is 537 Å². The third-order valence-corrected chi connectivity index (χ3v) is 29.6. The molecule has 13 N–H and O–H groups in total. The van der Waals surface area contributed by atoms with E-state index >= 15 is 0 Å². The van der Waals surface area contributed by atoms with E-state index in [1.807, 2.05) is 77.2 Å². The van der Waals surface area contributed by atoms with Gasteiger partial charge in [0.2, 0.25) is 7.98 Å². The van der Waals surface area contributed by atoms with Crippen LogP contribution >= 0.6 is 37.5 Å². The van der Waals surface area contributed by atoms with Crippen LogP contribution in [0.25, 0.3) is 4.85 Å². The van der Waals surface area contributed by atoms with Gasteiger partial charge in [0.05, 0.1) is 49.1 Å². The number of nitrogens with one attached hydrogen (secondary N) is 4. The fourth-order valence-corrected chi connectivity index (χ4v) is 19.4. The van der Waals surface area contributed by atoms with Crippen LogP contribution in [-0.2, 0) is 36.4 Å². The van der Waals surface area contributed by atoms with Crippen LogP contribution in [0.3, 0.4) is 0 Å². The molecule has 117 heavy (non-hydrogen) atoms. The summed E-state index contributed by atoms with van der Waals surface area (Å²) in [6.07, 6.45) is 21.7. The van der Waals surface area contributed by atoms with Gasteiger partial charge in [0.25, 0.3) is 30.8 Å². The first-order valence-corrected chi connectivity index (χ1v) is 46.6. The van der Waals surface area contributed by atoms with Gasteiger partial charge in [-0.3, -0.25) is 61.9 Å². The normalized spacial score (nSPS) is 22.4. The molecule has 4 aromatic heterocycles. The minimum atomic E-state index is -3.42. The molecule has 36 nitrogen and oxygen atoms in total. The maximum absolute atomic E-state index is 12.6. The van der Waals surface area contributed by atoms with Gasteiger partial charge in [-0.15, -0.1) is 5.60 Å². The van der Waals surface area contributed by atoms with Gasteiger partial charge in [-0.1, -0.05) is 102 Å². The van der Waals surface area contributed by atoms with Gasteiger partial charge < -0.3 is 87.7 Å². The Morgan fingerprint density at radius 2 is 0.966 bits per heavy atom. The molecule has 0 fully saturated rings. The van der Waals surface area contributed by atoms with Crippen LogP contribution in [0.1, 0.15) is 143 Å². The summed E-state index contributed by atoms with van der Waals surface area (Å²) in [6.45, 7) is 31.4. The summed E-state index contributed by atoms with van der Waals surface area (Å²) < 4.78 is 90.2. The van der Waals surface area contributed by atoms with Crippen LogP contribution in [-0.4, -0.2) is 205 Å². The molecule has 4 heterocycles. The molecule has 4 aromatic rings. The number of allylic oxidation sites excluding steroid dienone is 6. The molecule has 0 radical (unpaired) electrons. The molecule has 0 aromatic carbocycles. The predicted molar refractivity (Wildman–Crippen MR) is 446 cm³/mol. The molecule has 0 spiro atoms. The second-order valence-electron chi connectivity index (χ2n) is 29.7. The summed E-state index contributed by atoms with van der Waals surface area (Å²) in [5.74, 6) is 2.38. The maximum atomic E-state index is 12.6. The average molecular weight is 1780 g/mol. The Morgan fingerprint density at radius 1 is 0.615 bits per heavy atom. The largest absolute Gasteiger partial charge is 1.00 e. The maximum Gasteiger partial charge on any atom is 1.00 e. The van der Waals surface area contributed by atoms with Crippen LogP contribution in [0.5, 0.6) is 0 Å². The van der Waals surface area contributed by atoms with Gasteiger partial charge >= 0.3 is 81.7 Å². The molecule has 4 aliphatic carbocycles. The number of rotatable bonds is 27. The number of aliphatic hydroxyl groups is 9. The van der Waals surface area contributed by atoms with E-state index in [0.717, 1.165) is 20.6 Å². The Labute approximate surface area is 728 Å². The van der Waals surface area contributed by atoms with Gasteiger partial charge in [0, 0.05) is 106 Å². The third-order valence-electron chi connectivity index (χ3n) is 18.5. The van der Waals surface area contributed by atoms with Crippen molar-refractivity contribution in [3.63, 3.8) is 0 Å². The zero-order chi connectivity index (χ0) is 90.0. The zero-order valence-electron chi connectivity index (χ0n) is 71.8. The number of hydrogen-bond acceptors (Lipinski definition) is 27. The number of aromatic amines is 4. The molecule has 42 heteroatoms. The van der Waals surface area contributed by atoms with Crippen LogP contribution in [0.2, 0.25) is 0 Å². The van der Waals surface area contributed by atoms with Crippen molar-refractivity contribution in [1.82, 2.24) is 42.9 Å². The van der Waals surface area contributed by atoms with Crippen molar-refractivity contribution in [2.24, 2.45) is 35.5 Å². The van der Waals surface area contributed by atoms with E-state index in [1.54, 1.807) is 83.7 Å².